The molecule has 0 spiro atoms. The highest BCUT2D eigenvalue weighted by molar-refractivity contribution is 6.63. The smallest absolute Gasteiger partial charge is 0.242 e. The summed E-state index contributed by atoms with van der Waals surface area (Å²) in [6.07, 6.45) is 1.81. The summed E-state index contributed by atoms with van der Waals surface area (Å²) in [5.74, 6) is -0.295. The van der Waals surface area contributed by atoms with E-state index >= 15 is 0 Å². The van der Waals surface area contributed by atoms with E-state index < -0.39 is 17.2 Å². The zero-order valence-electron chi connectivity index (χ0n) is 34.8. The van der Waals surface area contributed by atoms with Gasteiger partial charge < -0.3 is 16.0 Å². The SMILES string of the molecule is C.C.C.CC1(C)CC(=O)C2=C(C1)Nc1ccccc1N(C(=O)CC#N)C2c1ccc(Cl)cc1Cl.CC1(C)CC(=O)C2=C(C1)Nc1ccccc1NC2c1ccc(Cl)cc1Cl.N#CCC(=O)Cl. The zero-order valence-corrected chi connectivity index (χ0v) is 38.6. The van der Waals surface area contributed by atoms with Gasteiger partial charge in [0.2, 0.25) is 11.1 Å². The van der Waals surface area contributed by atoms with Gasteiger partial charge in [0.1, 0.15) is 12.8 Å². The van der Waals surface area contributed by atoms with Gasteiger partial charge in [0, 0.05) is 55.5 Å². The minimum atomic E-state index is -0.764. The normalized spacial score (nSPS) is 18.2. The highest BCUT2D eigenvalue weighted by Crippen LogP contribution is 2.50. The van der Waals surface area contributed by atoms with Gasteiger partial charge in [-0.25, -0.2) is 0 Å². The number of para-hydroxylation sites is 4. The molecule has 0 aromatic heterocycles. The average molecular weight is 993 g/mol. The number of nitrogens with zero attached hydrogens (tertiary/aromatic N) is 3. The van der Waals surface area contributed by atoms with Gasteiger partial charge in [0.25, 0.3) is 0 Å². The summed E-state index contributed by atoms with van der Waals surface area (Å²) >= 11 is 30.0. The van der Waals surface area contributed by atoms with Crippen molar-refractivity contribution in [3.05, 3.63) is 139 Å². The van der Waals surface area contributed by atoms with Crippen LogP contribution in [0.3, 0.4) is 0 Å². The third-order valence-corrected chi connectivity index (χ3v) is 12.1. The second kappa shape index (κ2) is 22.9. The Hall–Kier alpha value is -5.33. The van der Waals surface area contributed by atoms with Crippen molar-refractivity contribution >= 4 is 103 Å². The van der Waals surface area contributed by atoms with Gasteiger partial charge in [-0.1, -0.05) is 133 Å². The van der Waals surface area contributed by atoms with Gasteiger partial charge in [-0.15, -0.1) is 0 Å². The third kappa shape index (κ3) is 12.6. The lowest BCUT2D eigenvalue weighted by Crippen LogP contribution is -2.39. The molecule has 0 saturated heterocycles. The van der Waals surface area contributed by atoms with Gasteiger partial charge in [0.05, 0.1) is 47.0 Å². The number of nitrogens with one attached hydrogen (secondary N) is 3. The van der Waals surface area contributed by atoms with E-state index in [1.165, 1.54) is 4.90 Å². The topological polar surface area (TPSA) is 155 Å². The molecule has 2 atom stereocenters. The van der Waals surface area contributed by atoms with Crippen LogP contribution in [0.25, 0.3) is 0 Å². The first kappa shape index (κ1) is 55.0. The molecule has 4 aromatic rings. The number of benzene rings is 4. The molecule has 2 heterocycles. The molecule has 0 radical (unpaired) electrons. The summed E-state index contributed by atoms with van der Waals surface area (Å²) < 4.78 is 0. The maximum absolute atomic E-state index is 13.5. The van der Waals surface area contributed by atoms with E-state index in [4.69, 9.17) is 63.3 Å². The fourth-order valence-corrected chi connectivity index (χ4v) is 9.44. The Kier molecular flexibility index (Phi) is 19.1. The number of allylic oxidation sites excluding steroid dienone is 2. The number of carbonyl (C=O) groups is 4. The number of rotatable bonds is 4. The Balaban J connectivity index is 0.000000303. The molecule has 66 heavy (non-hydrogen) atoms. The van der Waals surface area contributed by atoms with Crippen molar-refractivity contribution < 1.29 is 19.2 Å². The summed E-state index contributed by atoms with van der Waals surface area (Å²) in [5.41, 5.74) is 7.40. The predicted octanol–water partition coefficient (Wildman–Crippen LogP) is 14.8. The van der Waals surface area contributed by atoms with Crippen molar-refractivity contribution in [3.8, 4) is 12.1 Å². The molecule has 4 aliphatic rings. The summed E-state index contributed by atoms with van der Waals surface area (Å²) in [4.78, 5) is 50.9. The van der Waals surface area contributed by atoms with Crippen molar-refractivity contribution in [2.24, 2.45) is 10.8 Å². The van der Waals surface area contributed by atoms with Crippen molar-refractivity contribution in [2.75, 3.05) is 20.9 Å². The third-order valence-electron chi connectivity index (χ3n) is 10.9. The molecule has 0 bridgehead atoms. The van der Waals surface area contributed by atoms with Crippen LogP contribution in [0.5, 0.6) is 0 Å². The standard InChI is InChI=1S/C24H21Cl2N3O2.C21H20Cl2N2O.C3H2ClNO.3CH4/c1-24(2)12-18-22(20(30)13-24)23(15-8-7-14(25)11-16(15)26)29(21(31)9-10-27)19-6-4-3-5-17(19)28-18;1-21(2)10-17-19(18(26)11-21)20(13-8-7-12(22)9-14(13)23)25-16-6-4-3-5-15(16)24-17;4-3(6)1-2-5;;;/h3-8,11,23,28H,9,12-13H2,1-2H3;3-9,20,24-25H,10-11H2,1-2H3;1H2;3*1H4. The molecule has 8 rings (SSSR count). The van der Waals surface area contributed by atoms with Crippen LogP contribution < -0.4 is 20.9 Å². The van der Waals surface area contributed by atoms with Crippen LogP contribution in [-0.4, -0.2) is 22.7 Å². The molecule has 2 aliphatic heterocycles. The first-order chi connectivity index (χ1) is 29.8. The Morgan fingerprint density at radius 1 is 0.652 bits per heavy atom. The zero-order chi connectivity index (χ0) is 45.8. The number of Topliss-reactive ketones (excluding diaryl/α,β-unsaturated/α-hetero) is 2. The van der Waals surface area contributed by atoms with Crippen molar-refractivity contribution in [3.63, 3.8) is 0 Å². The number of fused-ring (bicyclic) bond motifs is 2. The van der Waals surface area contributed by atoms with Gasteiger partial charge in [-0.2, -0.15) is 10.5 Å². The second-order valence-electron chi connectivity index (χ2n) is 17.1. The highest BCUT2D eigenvalue weighted by atomic mass is 35.5. The van der Waals surface area contributed by atoms with Crippen LogP contribution >= 0.6 is 58.0 Å². The largest absolute Gasteiger partial charge is 0.372 e. The quantitative estimate of drug-likeness (QED) is 0.169. The Labute approximate surface area is 413 Å². The van der Waals surface area contributed by atoms with Gasteiger partial charge in [-0.3, -0.25) is 24.1 Å². The number of amides is 1. The summed E-state index contributed by atoms with van der Waals surface area (Å²) in [5, 5.41) is 28.7. The summed E-state index contributed by atoms with van der Waals surface area (Å²) in [6, 6.07) is 28.3. The molecule has 4 aromatic carbocycles. The van der Waals surface area contributed by atoms with Crippen molar-refractivity contribution in [1.82, 2.24) is 0 Å². The van der Waals surface area contributed by atoms with Crippen LogP contribution in [0.15, 0.2) is 107 Å². The highest BCUT2D eigenvalue weighted by Gasteiger charge is 2.44. The maximum Gasteiger partial charge on any atom is 0.242 e. The van der Waals surface area contributed by atoms with E-state index in [2.05, 4.69) is 43.6 Å². The maximum atomic E-state index is 13.5. The lowest BCUT2D eigenvalue weighted by atomic mass is 9.73. The molecule has 2 unspecified atom stereocenters. The van der Waals surface area contributed by atoms with Crippen molar-refractivity contribution in [1.29, 1.82) is 10.5 Å². The Morgan fingerprint density at radius 2 is 1.12 bits per heavy atom. The van der Waals surface area contributed by atoms with Crippen LogP contribution in [0.1, 0.15) is 112 Å². The number of hydrogen-bond acceptors (Lipinski definition) is 9. The number of halogens is 5. The Bertz CT molecular complexity index is 2660. The number of ketones is 2. The number of carbonyl (C=O) groups excluding carboxylic acids is 4. The fourth-order valence-electron chi connectivity index (χ4n) is 8.35. The van der Waals surface area contributed by atoms with E-state index in [0.717, 1.165) is 40.3 Å². The van der Waals surface area contributed by atoms with E-state index in [9.17, 15) is 24.4 Å². The summed E-state index contributed by atoms with van der Waals surface area (Å²) in [6.45, 7) is 8.36. The van der Waals surface area contributed by atoms with Gasteiger partial charge in [0.15, 0.2) is 11.6 Å². The molecular weight excluding hydrogens is 938 g/mol. The Morgan fingerprint density at radius 3 is 1.64 bits per heavy atom. The molecule has 0 fully saturated rings. The molecule has 10 nitrogen and oxygen atoms in total. The van der Waals surface area contributed by atoms with Gasteiger partial charge >= 0.3 is 0 Å². The molecule has 15 heteroatoms. The number of hydrogen-bond donors (Lipinski definition) is 3. The molecule has 348 valence electrons. The molecule has 1 amide bonds. The minimum absolute atomic E-state index is 0. The van der Waals surface area contributed by atoms with Crippen LogP contribution in [0.2, 0.25) is 20.1 Å². The minimum Gasteiger partial charge on any atom is -0.372 e. The van der Waals surface area contributed by atoms with Crippen LogP contribution in [0.4, 0.5) is 22.7 Å². The first-order valence-electron chi connectivity index (χ1n) is 20.0. The molecule has 0 saturated carbocycles. The second-order valence-corrected chi connectivity index (χ2v) is 19.2. The fraction of sp³-hybridized carbons (Fsp3) is 0.333. The van der Waals surface area contributed by atoms with E-state index in [1.54, 1.807) is 30.3 Å². The van der Waals surface area contributed by atoms with E-state index in [-0.39, 0.29) is 63.6 Å². The lowest BCUT2D eigenvalue weighted by molar-refractivity contribution is -0.120. The van der Waals surface area contributed by atoms with Crippen LogP contribution in [0, 0.1) is 33.5 Å². The van der Waals surface area contributed by atoms with Gasteiger partial charge in [-0.05, 0) is 94.9 Å². The average Bonchev–Trinajstić information content (AvgIpc) is 3.43. The molecule has 3 N–H and O–H groups in total. The lowest BCUT2D eigenvalue weighted by Gasteiger charge is -2.37. The number of anilines is 4. The van der Waals surface area contributed by atoms with E-state index in [0.29, 0.717) is 61.9 Å². The van der Waals surface area contributed by atoms with E-state index in [1.807, 2.05) is 66.7 Å². The van der Waals surface area contributed by atoms with Crippen molar-refractivity contribution in [2.45, 2.75) is 101 Å². The predicted molar refractivity (Wildman–Crippen MR) is 271 cm³/mol. The summed E-state index contributed by atoms with van der Waals surface area (Å²) in [7, 11) is 0. The first-order valence-corrected chi connectivity index (χ1v) is 21.9. The molecule has 2 aliphatic carbocycles. The monoisotopic (exact) mass is 990 g/mol. The van der Waals surface area contributed by atoms with Crippen LogP contribution in [-0.2, 0) is 19.2 Å². The molecular formula is C51H55Cl5N6O4. The number of nitriles is 2.